The molecule has 0 aromatic carbocycles. The minimum Gasteiger partial charge on any atom is -0.463 e. The lowest BCUT2D eigenvalue weighted by atomic mass is 9.95. The van der Waals surface area contributed by atoms with Gasteiger partial charge < -0.3 is 33.2 Å². The molecule has 16 nitrogen and oxygen atoms in total. The molecule has 0 amide bonds. The lowest BCUT2D eigenvalue weighted by Gasteiger charge is -2.44. The second-order valence-electron chi connectivity index (χ2n) is 7.77. The number of carbonyl (C=O) groups is 6. The van der Waals surface area contributed by atoms with Crippen LogP contribution in [0.2, 0.25) is 0 Å². The van der Waals surface area contributed by atoms with Crippen LogP contribution in [0.15, 0.2) is 0 Å². The van der Waals surface area contributed by atoms with E-state index in [-0.39, 0.29) is 13.2 Å². The maximum absolute atomic E-state index is 13.0. The van der Waals surface area contributed by atoms with Gasteiger partial charge in [0.1, 0.15) is 18.8 Å². The molecule has 16 heteroatoms. The predicted octanol–water partition coefficient (Wildman–Crippen LogP) is -0.113. The van der Waals surface area contributed by atoms with Crippen molar-refractivity contribution < 1.29 is 61.9 Å². The van der Waals surface area contributed by atoms with Crippen LogP contribution >= 0.6 is 0 Å². The molecule has 1 saturated heterocycles. The first kappa shape index (κ1) is 30.1. The van der Waals surface area contributed by atoms with E-state index in [0.717, 1.165) is 32.4 Å². The van der Waals surface area contributed by atoms with Crippen LogP contribution in [0.4, 0.5) is 0 Å². The van der Waals surface area contributed by atoms with Crippen LogP contribution < -0.4 is 0 Å². The summed E-state index contributed by atoms with van der Waals surface area (Å²) in [6, 6.07) is -1.50. The fraction of sp³-hybridized carbons (Fsp3) is 0.636. The second-order valence-corrected chi connectivity index (χ2v) is 7.77. The highest BCUT2D eigenvalue weighted by Gasteiger charge is 2.54. The van der Waals surface area contributed by atoms with Crippen LogP contribution in [0.3, 0.4) is 0 Å². The summed E-state index contributed by atoms with van der Waals surface area (Å²) >= 11 is 0. The third-order valence-electron chi connectivity index (χ3n) is 4.87. The zero-order valence-corrected chi connectivity index (χ0v) is 21.7. The van der Waals surface area contributed by atoms with Gasteiger partial charge >= 0.3 is 35.8 Å². The fourth-order valence-corrected chi connectivity index (χ4v) is 3.65. The molecule has 38 heavy (non-hydrogen) atoms. The minimum absolute atomic E-state index is 0.0592. The first-order valence-corrected chi connectivity index (χ1v) is 11.5. The van der Waals surface area contributed by atoms with Crippen LogP contribution in [0.1, 0.15) is 68.6 Å². The molecule has 1 fully saturated rings. The Kier molecular flexibility index (Phi) is 10.7. The van der Waals surface area contributed by atoms with E-state index in [9.17, 15) is 28.8 Å². The van der Waals surface area contributed by atoms with Crippen molar-refractivity contribution in [1.82, 2.24) is 15.0 Å². The number of nitrogens with zero attached hydrogens (tertiary/aromatic N) is 3. The van der Waals surface area contributed by atoms with Gasteiger partial charge in [0.15, 0.2) is 17.9 Å². The molecule has 0 bridgehead atoms. The SMILES string of the molecule is CCOC(=O)c1nnn([C@@H]2[C@@H](OC(C)=O)[C@H](OC(C)=O)O[C@H](COC(C)=O)[C@H]2OC(C)=O)c1C(=O)OCC. The number of ether oxygens (including phenoxy) is 7. The summed E-state index contributed by atoms with van der Waals surface area (Å²) in [5.41, 5.74) is -1.07. The van der Waals surface area contributed by atoms with Gasteiger partial charge in [-0.1, -0.05) is 5.21 Å². The Balaban J connectivity index is 2.82. The van der Waals surface area contributed by atoms with Gasteiger partial charge in [0, 0.05) is 27.7 Å². The summed E-state index contributed by atoms with van der Waals surface area (Å²) in [6.45, 7) is 6.66. The summed E-state index contributed by atoms with van der Waals surface area (Å²) in [4.78, 5) is 73.1. The molecule has 1 aromatic rings. The van der Waals surface area contributed by atoms with Gasteiger partial charge in [-0.2, -0.15) is 0 Å². The van der Waals surface area contributed by atoms with E-state index < -0.39 is 84.5 Å². The average molecular weight is 543 g/mol. The number of rotatable bonds is 10. The smallest absolute Gasteiger partial charge is 0.361 e. The Hall–Kier alpha value is -4.08. The van der Waals surface area contributed by atoms with Crippen molar-refractivity contribution in [2.24, 2.45) is 0 Å². The monoisotopic (exact) mass is 543 g/mol. The largest absolute Gasteiger partial charge is 0.463 e. The molecule has 2 heterocycles. The van der Waals surface area contributed by atoms with Gasteiger partial charge in [-0.3, -0.25) is 19.2 Å². The summed E-state index contributed by atoms with van der Waals surface area (Å²) in [5.74, 6) is -5.35. The van der Waals surface area contributed by atoms with Gasteiger partial charge in [-0.15, -0.1) is 5.10 Å². The molecular formula is C22H29N3O13. The standard InChI is InChI=1S/C22H29N3O13/c1-7-32-20(30)15-16(21(31)33-8-2)25(24-23-15)17-18(35-11(4)27)14(9-34-10(3)26)38-22(37-13(6)29)19(17)36-12(5)28/h14,17-19,22H,7-9H2,1-6H3/t14-,17+,18-,19-,22-/m1/s1. The van der Waals surface area contributed by atoms with E-state index in [0.29, 0.717) is 0 Å². The van der Waals surface area contributed by atoms with E-state index in [1.54, 1.807) is 0 Å². The molecule has 2 rings (SSSR count). The fourth-order valence-electron chi connectivity index (χ4n) is 3.65. The number of hydrogen-bond acceptors (Lipinski definition) is 15. The van der Waals surface area contributed by atoms with Crippen LogP contribution in [0.25, 0.3) is 0 Å². The summed E-state index contributed by atoms with van der Waals surface area (Å²) < 4.78 is 37.6. The first-order valence-electron chi connectivity index (χ1n) is 11.5. The summed E-state index contributed by atoms with van der Waals surface area (Å²) in [7, 11) is 0. The van der Waals surface area contributed by atoms with E-state index in [1.807, 2.05) is 0 Å². The summed E-state index contributed by atoms with van der Waals surface area (Å²) in [6.07, 6.45) is -6.06. The van der Waals surface area contributed by atoms with Crippen molar-refractivity contribution in [2.75, 3.05) is 19.8 Å². The number of hydrogen-bond donors (Lipinski definition) is 0. The van der Waals surface area contributed by atoms with Crippen molar-refractivity contribution >= 4 is 35.8 Å². The zero-order valence-electron chi connectivity index (χ0n) is 21.7. The molecule has 1 aromatic heterocycles. The first-order chi connectivity index (χ1) is 17.9. The maximum Gasteiger partial charge on any atom is 0.361 e. The van der Waals surface area contributed by atoms with Crippen molar-refractivity contribution in [2.45, 2.75) is 72.2 Å². The molecule has 0 unspecified atom stereocenters. The Labute approximate surface area is 216 Å². The predicted molar refractivity (Wildman–Crippen MR) is 119 cm³/mol. The van der Waals surface area contributed by atoms with Crippen molar-refractivity contribution in [3.8, 4) is 0 Å². The Morgan fingerprint density at radius 3 is 1.84 bits per heavy atom. The molecule has 0 aliphatic carbocycles. The van der Waals surface area contributed by atoms with Crippen LogP contribution in [0.5, 0.6) is 0 Å². The normalized spacial score (nSPS) is 22.5. The van der Waals surface area contributed by atoms with Gasteiger partial charge in [-0.25, -0.2) is 14.3 Å². The lowest BCUT2D eigenvalue weighted by Crippen LogP contribution is -2.60. The second kappa shape index (κ2) is 13.5. The number of carbonyl (C=O) groups excluding carboxylic acids is 6. The van der Waals surface area contributed by atoms with Gasteiger partial charge in [0.2, 0.25) is 12.0 Å². The molecule has 0 radical (unpaired) electrons. The molecule has 0 spiro atoms. The van der Waals surface area contributed by atoms with Crippen molar-refractivity contribution in [1.29, 1.82) is 0 Å². The average Bonchev–Trinajstić information content (AvgIpc) is 3.24. The van der Waals surface area contributed by atoms with Crippen molar-refractivity contribution in [3.63, 3.8) is 0 Å². The van der Waals surface area contributed by atoms with Gasteiger partial charge in [0.25, 0.3) is 0 Å². The molecule has 0 saturated carbocycles. The third kappa shape index (κ3) is 7.47. The van der Waals surface area contributed by atoms with E-state index in [4.69, 9.17) is 33.2 Å². The van der Waals surface area contributed by atoms with Gasteiger partial charge in [0.05, 0.1) is 13.2 Å². The Bertz CT molecular complexity index is 1070. The molecule has 1 aliphatic rings. The zero-order chi connectivity index (χ0) is 28.6. The Morgan fingerprint density at radius 2 is 1.32 bits per heavy atom. The van der Waals surface area contributed by atoms with E-state index >= 15 is 0 Å². The van der Waals surface area contributed by atoms with Crippen LogP contribution in [-0.4, -0.2) is 95.2 Å². The highest BCUT2D eigenvalue weighted by Crippen LogP contribution is 2.36. The lowest BCUT2D eigenvalue weighted by molar-refractivity contribution is -0.285. The molecule has 0 N–H and O–H groups in total. The number of esters is 6. The molecular weight excluding hydrogens is 514 g/mol. The maximum atomic E-state index is 13.0. The van der Waals surface area contributed by atoms with Crippen LogP contribution in [0, 0.1) is 0 Å². The topological polar surface area (TPSA) is 198 Å². The quantitative estimate of drug-likeness (QED) is 0.279. The van der Waals surface area contributed by atoms with E-state index in [1.165, 1.54) is 13.8 Å². The molecule has 5 atom stereocenters. The van der Waals surface area contributed by atoms with Crippen molar-refractivity contribution in [3.05, 3.63) is 11.4 Å². The molecule has 1 aliphatic heterocycles. The van der Waals surface area contributed by atoms with Gasteiger partial charge in [-0.05, 0) is 13.8 Å². The van der Waals surface area contributed by atoms with Crippen LogP contribution in [-0.2, 0) is 52.3 Å². The highest BCUT2D eigenvalue weighted by molar-refractivity contribution is 6.00. The summed E-state index contributed by atoms with van der Waals surface area (Å²) in [5, 5.41) is 7.63. The Morgan fingerprint density at radius 1 is 0.763 bits per heavy atom. The minimum atomic E-state index is -1.65. The van der Waals surface area contributed by atoms with E-state index in [2.05, 4.69) is 10.3 Å². The third-order valence-corrected chi connectivity index (χ3v) is 4.87. The number of aromatic nitrogens is 3. The molecule has 210 valence electrons. The highest BCUT2D eigenvalue weighted by atomic mass is 16.7.